The monoisotopic (exact) mass is 307 g/mol. The second-order valence-electron chi connectivity index (χ2n) is 4.49. The summed E-state index contributed by atoms with van der Waals surface area (Å²) in [5, 5.41) is 0.605. The highest BCUT2D eigenvalue weighted by molar-refractivity contribution is 7.87. The molecule has 8 heteroatoms. The maximum Gasteiger partial charge on any atom is 0.534 e. The minimum absolute atomic E-state index is 0.256. The maximum absolute atomic E-state index is 12.4. The topological polar surface area (TPSA) is 48.3 Å². The molecule has 110 valence electrons. The normalized spacial score (nSPS) is 13.1. The van der Waals surface area contributed by atoms with Crippen LogP contribution in [0.1, 0.15) is 19.9 Å². The van der Waals surface area contributed by atoms with Gasteiger partial charge >= 0.3 is 15.6 Å². The molecule has 0 radical (unpaired) electrons. The van der Waals surface area contributed by atoms with Crippen molar-refractivity contribution in [3.63, 3.8) is 0 Å². The van der Waals surface area contributed by atoms with Crippen molar-refractivity contribution in [3.8, 4) is 5.88 Å². The molecule has 1 aromatic heterocycles. The molecule has 0 aliphatic rings. The van der Waals surface area contributed by atoms with Gasteiger partial charge in [-0.25, -0.2) is 0 Å². The van der Waals surface area contributed by atoms with Gasteiger partial charge in [0.25, 0.3) is 0 Å². The van der Waals surface area contributed by atoms with E-state index in [0.717, 1.165) is 0 Å². The van der Waals surface area contributed by atoms with Crippen LogP contribution >= 0.6 is 0 Å². The SMILES string of the molecule is CC(C)n1c(OS(=O)(=O)C(F)(F)F)cc2ccccc21. The summed E-state index contributed by atoms with van der Waals surface area (Å²) in [5.74, 6) is -0.349. The van der Waals surface area contributed by atoms with Crippen LogP contribution in [0.2, 0.25) is 0 Å². The Kier molecular flexibility index (Phi) is 3.45. The van der Waals surface area contributed by atoms with Crippen LogP contribution in [0, 0.1) is 0 Å². The second-order valence-corrected chi connectivity index (χ2v) is 6.03. The van der Waals surface area contributed by atoms with E-state index in [1.807, 2.05) is 0 Å². The van der Waals surface area contributed by atoms with Crippen molar-refractivity contribution < 1.29 is 25.8 Å². The highest BCUT2D eigenvalue weighted by Gasteiger charge is 2.49. The lowest BCUT2D eigenvalue weighted by Crippen LogP contribution is -2.29. The van der Waals surface area contributed by atoms with Crippen molar-refractivity contribution in [1.82, 2.24) is 4.57 Å². The van der Waals surface area contributed by atoms with E-state index < -0.39 is 15.6 Å². The Hall–Kier alpha value is -1.70. The summed E-state index contributed by atoms with van der Waals surface area (Å²) in [7, 11) is -5.68. The molecular weight excluding hydrogens is 295 g/mol. The van der Waals surface area contributed by atoms with Crippen LogP contribution in [0.3, 0.4) is 0 Å². The first-order valence-corrected chi connectivity index (χ1v) is 7.15. The number of hydrogen-bond acceptors (Lipinski definition) is 3. The van der Waals surface area contributed by atoms with Crippen LogP contribution in [0.15, 0.2) is 30.3 Å². The zero-order valence-electron chi connectivity index (χ0n) is 10.7. The number of alkyl halides is 3. The molecule has 0 N–H and O–H groups in total. The van der Waals surface area contributed by atoms with Gasteiger partial charge in [-0.3, -0.25) is 0 Å². The zero-order valence-corrected chi connectivity index (χ0v) is 11.5. The molecule has 0 amide bonds. The van der Waals surface area contributed by atoms with Crippen LogP contribution < -0.4 is 4.18 Å². The average Bonchev–Trinajstić information content (AvgIpc) is 2.64. The minimum atomic E-state index is -5.68. The predicted octanol–water partition coefficient (Wildman–Crippen LogP) is 3.45. The third kappa shape index (κ3) is 2.47. The number of para-hydroxylation sites is 1. The fourth-order valence-electron chi connectivity index (χ4n) is 1.91. The van der Waals surface area contributed by atoms with Gasteiger partial charge in [0, 0.05) is 17.5 Å². The molecule has 0 atom stereocenters. The molecule has 0 spiro atoms. The van der Waals surface area contributed by atoms with Crippen molar-refractivity contribution in [2.24, 2.45) is 0 Å². The number of aromatic nitrogens is 1. The lowest BCUT2D eigenvalue weighted by Gasteiger charge is -2.15. The smallest absolute Gasteiger partial charge is 0.357 e. The Balaban J connectivity index is 2.58. The molecule has 4 nitrogen and oxygen atoms in total. The Morgan fingerprint density at radius 2 is 1.80 bits per heavy atom. The van der Waals surface area contributed by atoms with E-state index in [1.165, 1.54) is 10.6 Å². The largest absolute Gasteiger partial charge is 0.534 e. The molecule has 0 bridgehead atoms. The lowest BCUT2D eigenvalue weighted by molar-refractivity contribution is -0.0502. The molecule has 2 rings (SSSR count). The molecule has 2 aromatic rings. The molecule has 0 saturated heterocycles. The molecule has 0 unspecified atom stereocenters. The summed E-state index contributed by atoms with van der Waals surface area (Å²) >= 11 is 0. The zero-order chi connectivity index (χ0) is 15.1. The Morgan fingerprint density at radius 1 is 1.20 bits per heavy atom. The van der Waals surface area contributed by atoms with Gasteiger partial charge in [-0.05, 0) is 19.9 Å². The summed E-state index contributed by atoms with van der Waals surface area (Å²) in [6.07, 6.45) is 0. The van der Waals surface area contributed by atoms with Gasteiger partial charge in [0.2, 0.25) is 5.88 Å². The third-order valence-electron chi connectivity index (χ3n) is 2.71. The Morgan fingerprint density at radius 3 is 2.35 bits per heavy atom. The van der Waals surface area contributed by atoms with E-state index in [-0.39, 0.29) is 11.9 Å². The number of rotatable bonds is 3. The first-order chi connectivity index (χ1) is 9.13. The van der Waals surface area contributed by atoms with E-state index in [2.05, 4.69) is 4.18 Å². The van der Waals surface area contributed by atoms with Gasteiger partial charge in [-0.15, -0.1) is 0 Å². The predicted molar refractivity (Wildman–Crippen MR) is 67.9 cm³/mol. The van der Waals surface area contributed by atoms with E-state index in [9.17, 15) is 21.6 Å². The number of halogens is 3. The highest BCUT2D eigenvalue weighted by atomic mass is 32.2. The van der Waals surface area contributed by atoms with Gasteiger partial charge in [-0.2, -0.15) is 21.6 Å². The Bertz CT molecular complexity index is 732. The average molecular weight is 307 g/mol. The lowest BCUT2D eigenvalue weighted by atomic mass is 10.2. The minimum Gasteiger partial charge on any atom is -0.357 e. The van der Waals surface area contributed by atoms with Gasteiger partial charge < -0.3 is 8.75 Å². The number of nitrogens with zero attached hydrogens (tertiary/aromatic N) is 1. The third-order valence-corrected chi connectivity index (χ3v) is 3.66. The summed E-state index contributed by atoms with van der Waals surface area (Å²) < 4.78 is 65.0. The number of benzene rings is 1. The second kappa shape index (κ2) is 4.69. The molecule has 0 saturated carbocycles. The van der Waals surface area contributed by atoms with Crippen LogP contribution in [-0.2, 0) is 10.1 Å². The molecule has 0 aliphatic carbocycles. The Labute approximate surface area is 113 Å². The fraction of sp³-hybridized carbons (Fsp3) is 0.333. The number of fused-ring (bicyclic) bond motifs is 1. The summed E-state index contributed by atoms with van der Waals surface area (Å²) in [5.41, 5.74) is -4.85. The first kappa shape index (κ1) is 14.7. The summed E-state index contributed by atoms with van der Waals surface area (Å²) in [6, 6.07) is 7.79. The van der Waals surface area contributed by atoms with E-state index in [1.54, 1.807) is 38.1 Å². The quantitative estimate of drug-likeness (QED) is 0.644. The molecule has 1 aromatic carbocycles. The van der Waals surface area contributed by atoms with E-state index >= 15 is 0 Å². The van der Waals surface area contributed by atoms with Crippen molar-refractivity contribution in [2.75, 3.05) is 0 Å². The van der Waals surface area contributed by atoms with Gasteiger partial charge in [0.1, 0.15) is 0 Å². The van der Waals surface area contributed by atoms with Crippen LogP contribution in [-0.4, -0.2) is 18.5 Å². The van der Waals surface area contributed by atoms with Crippen LogP contribution in [0.4, 0.5) is 13.2 Å². The summed E-state index contributed by atoms with van der Waals surface area (Å²) in [4.78, 5) is 0. The molecule has 0 aliphatic heterocycles. The molecular formula is C12H12F3NO3S. The summed E-state index contributed by atoms with van der Waals surface area (Å²) in [6.45, 7) is 3.44. The first-order valence-electron chi connectivity index (χ1n) is 5.74. The van der Waals surface area contributed by atoms with Gasteiger partial charge in [0.05, 0.1) is 5.52 Å². The van der Waals surface area contributed by atoms with Crippen LogP contribution in [0.5, 0.6) is 5.88 Å². The van der Waals surface area contributed by atoms with Crippen molar-refractivity contribution in [2.45, 2.75) is 25.4 Å². The molecule has 20 heavy (non-hydrogen) atoms. The fourth-order valence-corrected chi connectivity index (χ4v) is 2.35. The standard InChI is InChI=1S/C12H12F3NO3S/c1-8(2)16-10-6-4-3-5-9(10)7-11(16)19-20(17,18)12(13,14)15/h3-8H,1-2H3. The van der Waals surface area contributed by atoms with E-state index in [4.69, 9.17) is 0 Å². The van der Waals surface area contributed by atoms with Gasteiger partial charge in [-0.1, -0.05) is 18.2 Å². The number of hydrogen-bond donors (Lipinski definition) is 0. The van der Waals surface area contributed by atoms with Crippen molar-refractivity contribution in [3.05, 3.63) is 30.3 Å². The molecule has 0 fully saturated rings. The molecule has 1 heterocycles. The van der Waals surface area contributed by atoms with Crippen LogP contribution in [0.25, 0.3) is 10.9 Å². The van der Waals surface area contributed by atoms with Gasteiger partial charge in [0.15, 0.2) is 0 Å². The van der Waals surface area contributed by atoms with Crippen molar-refractivity contribution in [1.29, 1.82) is 0 Å². The highest BCUT2D eigenvalue weighted by Crippen LogP contribution is 2.33. The maximum atomic E-state index is 12.4. The van der Waals surface area contributed by atoms with E-state index in [0.29, 0.717) is 10.9 Å². The van der Waals surface area contributed by atoms with Crippen molar-refractivity contribution >= 4 is 21.0 Å².